The Morgan fingerprint density at radius 2 is 1.16 bits per heavy atom. The summed E-state index contributed by atoms with van der Waals surface area (Å²) in [6.45, 7) is 4.83. The van der Waals surface area contributed by atoms with E-state index in [1.165, 1.54) is 6.92 Å². The molecule has 0 amide bonds. The predicted molar refractivity (Wildman–Crippen MR) is 131 cm³/mol. The van der Waals surface area contributed by atoms with Gasteiger partial charge in [0.2, 0.25) is 0 Å². The van der Waals surface area contributed by atoms with Crippen molar-refractivity contribution >= 4 is 17.9 Å². The zero-order valence-corrected chi connectivity index (χ0v) is 21.8. The molecular formula is C28H41F3O6. The molecule has 0 aliphatic heterocycles. The average molecular weight is 531 g/mol. The third kappa shape index (κ3) is 9.02. The van der Waals surface area contributed by atoms with Gasteiger partial charge < -0.3 is 14.2 Å². The molecule has 3 aliphatic carbocycles. The highest BCUT2D eigenvalue weighted by atomic mass is 19.2. The Bertz CT molecular complexity index is 777. The predicted octanol–water partition coefficient (Wildman–Crippen LogP) is 5.76. The van der Waals surface area contributed by atoms with E-state index in [0.29, 0.717) is 11.8 Å². The van der Waals surface area contributed by atoms with E-state index in [0.717, 1.165) is 51.4 Å². The zero-order chi connectivity index (χ0) is 26.9. The quantitative estimate of drug-likeness (QED) is 0.155. The lowest BCUT2D eigenvalue weighted by molar-refractivity contribution is -0.156. The Kier molecular flexibility index (Phi) is 11.3. The van der Waals surface area contributed by atoms with Crippen molar-refractivity contribution in [2.75, 3.05) is 13.2 Å². The highest BCUT2D eigenvalue weighted by molar-refractivity contribution is 5.86. The van der Waals surface area contributed by atoms with Gasteiger partial charge in [-0.25, -0.2) is 18.0 Å². The molecule has 3 fully saturated rings. The van der Waals surface area contributed by atoms with Crippen molar-refractivity contribution in [3.8, 4) is 0 Å². The Labute approximate surface area is 217 Å². The van der Waals surface area contributed by atoms with Crippen LogP contribution in [0.25, 0.3) is 0 Å². The van der Waals surface area contributed by atoms with Crippen LogP contribution in [-0.2, 0) is 28.6 Å². The topological polar surface area (TPSA) is 78.9 Å². The minimum atomic E-state index is -1.96. The van der Waals surface area contributed by atoms with Crippen molar-refractivity contribution < 1.29 is 41.8 Å². The van der Waals surface area contributed by atoms with Crippen molar-refractivity contribution in [3.05, 3.63) is 12.2 Å². The highest BCUT2D eigenvalue weighted by Crippen LogP contribution is 2.46. The highest BCUT2D eigenvalue weighted by Gasteiger charge is 2.42. The van der Waals surface area contributed by atoms with Gasteiger partial charge in [0.25, 0.3) is 0 Å². The molecule has 3 aliphatic rings. The maximum Gasteiger partial charge on any atom is 0.333 e. The van der Waals surface area contributed by atoms with Gasteiger partial charge >= 0.3 is 17.9 Å². The number of alkyl halides is 3. The van der Waals surface area contributed by atoms with Gasteiger partial charge in [-0.15, -0.1) is 0 Å². The fraction of sp³-hybridized carbons (Fsp3) is 0.821. The zero-order valence-electron chi connectivity index (χ0n) is 21.8. The summed E-state index contributed by atoms with van der Waals surface area (Å²) in [7, 11) is 0. The Morgan fingerprint density at radius 3 is 1.70 bits per heavy atom. The summed E-state index contributed by atoms with van der Waals surface area (Å²) in [5.74, 6) is -0.141. The summed E-state index contributed by atoms with van der Waals surface area (Å²) in [4.78, 5) is 35.2. The monoisotopic (exact) mass is 530 g/mol. The maximum absolute atomic E-state index is 13.8. The summed E-state index contributed by atoms with van der Waals surface area (Å²) in [6, 6.07) is 0. The molecule has 3 rings (SSSR count). The first-order chi connectivity index (χ1) is 17.6. The Morgan fingerprint density at radius 1 is 0.703 bits per heavy atom. The standard InChI is InChI=1S/C28H41F3O6/c1-17(2)28(34)36-14-13-35-25(32)11-12-26(33)37-22-9-7-19(8-10-22)18-3-5-20(6-4-18)21-15-23(29)27(31)24(30)16-21/h18-24,27H,1,3-16H2,2H3. The summed E-state index contributed by atoms with van der Waals surface area (Å²) in [6.07, 6.45) is 2.22. The van der Waals surface area contributed by atoms with Gasteiger partial charge in [0.05, 0.1) is 12.8 Å². The summed E-state index contributed by atoms with van der Waals surface area (Å²) in [5.41, 5.74) is 0.262. The second kappa shape index (κ2) is 14.2. The number of halogens is 3. The second-order valence-corrected chi connectivity index (χ2v) is 11.0. The van der Waals surface area contributed by atoms with Crippen LogP contribution in [0, 0.1) is 23.7 Å². The van der Waals surface area contributed by atoms with E-state index in [4.69, 9.17) is 14.2 Å². The second-order valence-electron chi connectivity index (χ2n) is 11.0. The lowest BCUT2D eigenvalue weighted by Gasteiger charge is -2.41. The van der Waals surface area contributed by atoms with Crippen LogP contribution < -0.4 is 0 Å². The van der Waals surface area contributed by atoms with Crippen molar-refractivity contribution in [2.24, 2.45) is 23.7 Å². The molecule has 0 aromatic rings. The lowest BCUT2D eigenvalue weighted by atomic mass is 9.66. The van der Waals surface area contributed by atoms with Gasteiger partial charge in [-0.05, 0) is 94.8 Å². The van der Waals surface area contributed by atoms with Crippen LogP contribution in [0.1, 0.15) is 84.0 Å². The normalized spacial score (nSPS) is 34.3. The van der Waals surface area contributed by atoms with E-state index in [1.54, 1.807) is 0 Å². The number of esters is 3. The number of hydrogen-bond acceptors (Lipinski definition) is 6. The molecule has 0 aromatic heterocycles. The SMILES string of the molecule is C=C(C)C(=O)OCCOC(=O)CCC(=O)OC1CCC(C2CCC(C3CC(F)C(F)C(F)C3)CC2)CC1. The molecule has 0 saturated heterocycles. The Hall–Kier alpha value is -2.06. The number of hydrogen-bond donors (Lipinski definition) is 0. The number of carbonyl (C=O) groups is 3. The summed E-state index contributed by atoms with van der Waals surface area (Å²) >= 11 is 0. The smallest absolute Gasteiger partial charge is 0.333 e. The molecule has 0 N–H and O–H groups in total. The van der Waals surface area contributed by atoms with Gasteiger partial charge in [0, 0.05) is 5.57 Å². The van der Waals surface area contributed by atoms with Crippen LogP contribution in [0.4, 0.5) is 13.2 Å². The first-order valence-electron chi connectivity index (χ1n) is 13.7. The minimum absolute atomic E-state index is 0.0514. The fourth-order valence-corrected chi connectivity index (χ4v) is 6.25. The van der Waals surface area contributed by atoms with Crippen LogP contribution in [0.2, 0.25) is 0 Å². The van der Waals surface area contributed by atoms with Crippen LogP contribution in [0.15, 0.2) is 12.2 Å². The molecule has 37 heavy (non-hydrogen) atoms. The molecule has 2 atom stereocenters. The summed E-state index contributed by atoms with van der Waals surface area (Å²) in [5, 5.41) is 0. The first kappa shape index (κ1) is 29.5. The fourth-order valence-electron chi connectivity index (χ4n) is 6.25. The van der Waals surface area contributed by atoms with Crippen molar-refractivity contribution in [1.29, 1.82) is 0 Å². The third-order valence-corrected chi connectivity index (χ3v) is 8.37. The molecule has 0 aromatic carbocycles. The van der Waals surface area contributed by atoms with Crippen LogP contribution in [0.5, 0.6) is 0 Å². The minimum Gasteiger partial charge on any atom is -0.462 e. The molecule has 0 bridgehead atoms. The van der Waals surface area contributed by atoms with Crippen LogP contribution in [0.3, 0.4) is 0 Å². The van der Waals surface area contributed by atoms with Gasteiger partial charge in [0.15, 0.2) is 6.17 Å². The maximum atomic E-state index is 13.8. The molecule has 3 saturated carbocycles. The van der Waals surface area contributed by atoms with Crippen LogP contribution >= 0.6 is 0 Å². The van der Waals surface area contributed by atoms with Gasteiger partial charge in [-0.1, -0.05) is 6.58 Å². The Balaban J connectivity index is 1.26. The van der Waals surface area contributed by atoms with Gasteiger partial charge in [0.1, 0.15) is 31.7 Å². The molecule has 0 radical (unpaired) electrons. The molecular weight excluding hydrogens is 489 g/mol. The first-order valence-corrected chi connectivity index (χ1v) is 13.7. The third-order valence-electron chi connectivity index (χ3n) is 8.37. The van der Waals surface area contributed by atoms with E-state index < -0.39 is 36.4 Å². The van der Waals surface area contributed by atoms with Crippen LogP contribution in [-0.4, -0.2) is 55.7 Å². The largest absolute Gasteiger partial charge is 0.462 e. The molecule has 0 heterocycles. The lowest BCUT2D eigenvalue weighted by Crippen LogP contribution is -2.40. The van der Waals surface area contributed by atoms with Crippen molar-refractivity contribution in [1.82, 2.24) is 0 Å². The van der Waals surface area contributed by atoms with Crippen molar-refractivity contribution in [2.45, 2.75) is 109 Å². The molecule has 9 heteroatoms. The van der Waals surface area contributed by atoms with E-state index >= 15 is 0 Å². The van der Waals surface area contributed by atoms with Gasteiger partial charge in [-0.3, -0.25) is 9.59 Å². The summed E-state index contributed by atoms with van der Waals surface area (Å²) < 4.78 is 56.5. The number of carbonyl (C=O) groups excluding carboxylic acids is 3. The molecule has 0 spiro atoms. The average Bonchev–Trinajstić information content (AvgIpc) is 2.88. The molecule has 2 unspecified atom stereocenters. The van der Waals surface area contributed by atoms with E-state index in [9.17, 15) is 27.6 Å². The van der Waals surface area contributed by atoms with Gasteiger partial charge in [-0.2, -0.15) is 0 Å². The van der Waals surface area contributed by atoms with Crippen molar-refractivity contribution in [3.63, 3.8) is 0 Å². The molecule has 210 valence electrons. The molecule has 6 nitrogen and oxygen atoms in total. The van der Waals surface area contributed by atoms with E-state index in [-0.39, 0.29) is 62.4 Å². The number of rotatable bonds is 10. The van der Waals surface area contributed by atoms with E-state index in [2.05, 4.69) is 6.58 Å². The van der Waals surface area contributed by atoms with E-state index in [1.807, 2.05) is 0 Å². The number of ether oxygens (including phenoxy) is 3.